The van der Waals surface area contributed by atoms with E-state index in [2.05, 4.69) is 39.7 Å². The number of fused-ring (bicyclic) bond motifs is 2. The number of rotatable bonds is 6. The molecule has 2 aliphatic rings. The van der Waals surface area contributed by atoms with Gasteiger partial charge in [0.05, 0.1) is 18.9 Å². The molecule has 1 heterocycles. The van der Waals surface area contributed by atoms with Crippen LogP contribution < -0.4 is 26.4 Å². The fraction of sp³-hybridized carbons (Fsp3) is 0.250. The monoisotopic (exact) mass is 381 g/mol. The molecule has 0 spiro atoms. The van der Waals surface area contributed by atoms with Crippen LogP contribution in [-0.4, -0.2) is 27.7 Å². The molecule has 8 heteroatoms. The first-order chi connectivity index (χ1) is 13.6. The summed E-state index contributed by atoms with van der Waals surface area (Å²) in [5, 5.41) is 0. The molecular weight excluding hydrogens is 358 g/mol. The molecule has 1 aromatic heterocycles. The van der Waals surface area contributed by atoms with Crippen LogP contribution in [0.25, 0.3) is 5.69 Å². The molecule has 28 heavy (non-hydrogen) atoms. The van der Waals surface area contributed by atoms with Crippen LogP contribution in [0.1, 0.15) is 20.3 Å². The van der Waals surface area contributed by atoms with Gasteiger partial charge < -0.3 is 9.47 Å². The summed E-state index contributed by atoms with van der Waals surface area (Å²) in [6.07, 6.45) is 11.2. The zero-order valence-electron chi connectivity index (χ0n) is 15.9. The average molecular weight is 381 g/mol. The standard InChI is InChI=1S/C13H17N5O3.C7H6/c1-3-20-10-6-5-9(7-11(10)21-4-2)18-8-15-12(17-14)16-13(18)19;1-2-7-4-3-6(1)5-7/h5-8H,3-4,14H2,1-2H3,(H,16,17,19);1-4H,5H2. The highest BCUT2D eigenvalue weighted by atomic mass is 16.5. The van der Waals surface area contributed by atoms with Crippen molar-refractivity contribution in [1.82, 2.24) is 14.5 Å². The summed E-state index contributed by atoms with van der Waals surface area (Å²) in [6, 6.07) is 5.17. The molecule has 0 radical (unpaired) electrons. The van der Waals surface area contributed by atoms with Crippen LogP contribution in [0.2, 0.25) is 0 Å². The zero-order chi connectivity index (χ0) is 19.9. The van der Waals surface area contributed by atoms with Gasteiger partial charge in [0, 0.05) is 6.07 Å². The Bertz CT molecular complexity index is 972. The highest BCUT2D eigenvalue weighted by Crippen LogP contribution is 2.29. The number of allylic oxidation sites excluding steroid dienone is 6. The van der Waals surface area contributed by atoms with Gasteiger partial charge in [0.2, 0.25) is 5.95 Å². The lowest BCUT2D eigenvalue weighted by atomic mass is 10.2. The lowest BCUT2D eigenvalue weighted by Gasteiger charge is -2.13. The first-order valence-electron chi connectivity index (χ1n) is 9.04. The minimum Gasteiger partial charge on any atom is -0.490 e. The Labute approximate surface area is 163 Å². The number of nitrogens with one attached hydrogen (secondary N) is 1. The van der Waals surface area contributed by atoms with Crippen LogP contribution in [0.5, 0.6) is 11.5 Å². The quantitative estimate of drug-likeness (QED) is 0.585. The second-order valence-corrected chi connectivity index (χ2v) is 5.97. The molecule has 8 nitrogen and oxygen atoms in total. The summed E-state index contributed by atoms with van der Waals surface area (Å²) in [7, 11) is 0. The fourth-order valence-corrected chi connectivity index (χ4v) is 2.78. The van der Waals surface area contributed by atoms with Gasteiger partial charge in [-0.3, -0.25) is 9.99 Å². The molecule has 0 unspecified atom stereocenters. The number of ether oxygens (including phenoxy) is 2. The van der Waals surface area contributed by atoms with Gasteiger partial charge in [-0.1, -0.05) is 24.3 Å². The zero-order valence-corrected chi connectivity index (χ0v) is 15.9. The molecule has 0 saturated heterocycles. The maximum atomic E-state index is 11.9. The molecule has 0 fully saturated rings. The van der Waals surface area contributed by atoms with Gasteiger partial charge in [-0.05, 0) is 43.5 Å². The van der Waals surface area contributed by atoms with Crippen LogP contribution in [0, 0.1) is 0 Å². The van der Waals surface area contributed by atoms with Crippen molar-refractivity contribution in [2.45, 2.75) is 20.3 Å². The largest absolute Gasteiger partial charge is 0.490 e. The van der Waals surface area contributed by atoms with E-state index in [4.69, 9.17) is 15.3 Å². The van der Waals surface area contributed by atoms with Gasteiger partial charge in [0.1, 0.15) is 6.33 Å². The summed E-state index contributed by atoms with van der Waals surface area (Å²) >= 11 is 0. The summed E-state index contributed by atoms with van der Waals surface area (Å²) in [4.78, 5) is 19.5. The number of hydrogen-bond acceptors (Lipinski definition) is 7. The number of anilines is 1. The van der Waals surface area contributed by atoms with E-state index in [9.17, 15) is 4.79 Å². The highest BCUT2D eigenvalue weighted by Gasteiger charge is 2.10. The Morgan fingerprint density at radius 1 is 1.11 bits per heavy atom. The van der Waals surface area contributed by atoms with Gasteiger partial charge in [-0.15, -0.1) is 0 Å². The van der Waals surface area contributed by atoms with E-state index in [-0.39, 0.29) is 5.95 Å². The van der Waals surface area contributed by atoms with E-state index in [0.29, 0.717) is 30.4 Å². The Morgan fingerprint density at radius 3 is 2.29 bits per heavy atom. The van der Waals surface area contributed by atoms with Crippen molar-refractivity contribution in [2.24, 2.45) is 5.84 Å². The van der Waals surface area contributed by atoms with E-state index in [1.165, 1.54) is 28.5 Å². The van der Waals surface area contributed by atoms with Gasteiger partial charge in [-0.2, -0.15) is 4.98 Å². The lowest BCUT2D eigenvalue weighted by Crippen LogP contribution is -2.25. The number of nitrogen functional groups attached to an aromatic ring is 1. The number of nitrogens with two attached hydrogens (primary N) is 1. The Hall–Kier alpha value is -3.39. The molecule has 146 valence electrons. The summed E-state index contributed by atoms with van der Waals surface area (Å²) in [5.74, 6) is 6.41. The van der Waals surface area contributed by atoms with Crippen molar-refractivity contribution in [3.05, 3.63) is 70.5 Å². The number of aromatic nitrogens is 3. The minimum atomic E-state index is -0.496. The molecule has 0 aliphatic heterocycles. The second-order valence-electron chi connectivity index (χ2n) is 5.97. The van der Waals surface area contributed by atoms with Crippen LogP contribution >= 0.6 is 0 Å². The molecule has 0 amide bonds. The molecule has 0 atom stereocenters. The van der Waals surface area contributed by atoms with Crippen LogP contribution in [0.15, 0.2) is 64.8 Å². The SMILES string of the molecule is C1=CC2=CC=C1C2.CCOc1ccc(-n2cnc(NN)nc2=O)cc1OCC. The summed E-state index contributed by atoms with van der Waals surface area (Å²) < 4.78 is 12.3. The first-order valence-corrected chi connectivity index (χ1v) is 9.04. The normalized spacial score (nSPS) is 13.4. The first kappa shape index (κ1) is 19.4. The predicted octanol–water partition coefficient (Wildman–Crippen LogP) is 2.52. The van der Waals surface area contributed by atoms with Crippen molar-refractivity contribution >= 4 is 5.95 Å². The highest BCUT2D eigenvalue weighted by molar-refractivity contribution is 5.50. The average Bonchev–Trinajstić information content (AvgIpc) is 3.36. The Balaban J connectivity index is 0.000000264. The molecule has 4 rings (SSSR count). The van der Waals surface area contributed by atoms with Gasteiger partial charge >= 0.3 is 5.69 Å². The van der Waals surface area contributed by atoms with Crippen LogP contribution in [0.4, 0.5) is 5.95 Å². The third-order valence-corrected chi connectivity index (χ3v) is 4.07. The molecular formula is C20H23N5O3. The molecule has 3 N–H and O–H groups in total. The van der Waals surface area contributed by atoms with Crippen LogP contribution in [-0.2, 0) is 0 Å². The molecule has 1 aromatic carbocycles. The van der Waals surface area contributed by atoms with Crippen molar-refractivity contribution in [2.75, 3.05) is 18.6 Å². The summed E-state index contributed by atoms with van der Waals surface area (Å²) in [6.45, 7) is 4.78. The van der Waals surface area contributed by atoms with Gasteiger partial charge in [-0.25, -0.2) is 15.6 Å². The maximum absolute atomic E-state index is 11.9. The Morgan fingerprint density at radius 2 is 1.79 bits per heavy atom. The van der Waals surface area contributed by atoms with Crippen molar-refractivity contribution in [3.8, 4) is 17.2 Å². The van der Waals surface area contributed by atoms with E-state index < -0.39 is 5.69 Å². The number of nitrogens with zero attached hydrogens (tertiary/aromatic N) is 3. The van der Waals surface area contributed by atoms with Gasteiger partial charge in [0.25, 0.3) is 0 Å². The van der Waals surface area contributed by atoms with Crippen molar-refractivity contribution < 1.29 is 9.47 Å². The van der Waals surface area contributed by atoms with Crippen LogP contribution in [0.3, 0.4) is 0 Å². The molecule has 2 aromatic rings. The maximum Gasteiger partial charge on any atom is 0.356 e. The van der Waals surface area contributed by atoms with E-state index >= 15 is 0 Å². The Kier molecular flexibility index (Phi) is 6.23. The summed E-state index contributed by atoms with van der Waals surface area (Å²) in [5.41, 5.74) is 5.24. The van der Waals surface area contributed by atoms with E-state index in [1.54, 1.807) is 18.2 Å². The minimum absolute atomic E-state index is 0.0622. The predicted molar refractivity (Wildman–Crippen MR) is 108 cm³/mol. The number of hydrazine groups is 1. The second kappa shape index (κ2) is 9.01. The molecule has 0 saturated carbocycles. The molecule has 2 aliphatic carbocycles. The van der Waals surface area contributed by atoms with Crippen molar-refractivity contribution in [3.63, 3.8) is 0 Å². The fourth-order valence-electron chi connectivity index (χ4n) is 2.78. The number of hydrogen-bond donors (Lipinski definition) is 2. The van der Waals surface area contributed by atoms with Crippen molar-refractivity contribution in [1.29, 1.82) is 0 Å². The van der Waals surface area contributed by atoms with E-state index in [1.807, 2.05) is 13.8 Å². The third-order valence-electron chi connectivity index (χ3n) is 4.07. The number of benzene rings is 1. The molecule has 2 bridgehead atoms. The third kappa shape index (κ3) is 4.47. The topological polar surface area (TPSA) is 104 Å². The van der Waals surface area contributed by atoms with E-state index in [0.717, 1.165) is 0 Å². The lowest BCUT2D eigenvalue weighted by molar-refractivity contribution is 0.287. The smallest absolute Gasteiger partial charge is 0.356 e. The van der Waals surface area contributed by atoms with Gasteiger partial charge in [0.15, 0.2) is 11.5 Å².